The fraction of sp³-hybridized carbons (Fsp3) is 0.632. The van der Waals surface area contributed by atoms with Crippen LogP contribution in [0.5, 0.6) is 0 Å². The molecule has 0 saturated heterocycles. The van der Waals surface area contributed by atoms with Crippen LogP contribution in [0, 0.1) is 23.7 Å². The molecule has 0 atom stereocenters. The van der Waals surface area contributed by atoms with Crippen molar-refractivity contribution in [1.29, 1.82) is 0 Å². The second kappa shape index (κ2) is 5.09. The Hall–Kier alpha value is -1.35. The Labute approximate surface area is 131 Å². The number of ether oxygens (including phenoxy) is 1. The molecule has 4 saturated carbocycles. The zero-order chi connectivity index (χ0) is 15.3. The molecule has 0 aromatic heterocycles. The highest BCUT2D eigenvalue weighted by atomic mass is 16.6. The van der Waals surface area contributed by atoms with Crippen molar-refractivity contribution in [2.24, 2.45) is 23.7 Å². The Balaban J connectivity index is 1.53. The summed E-state index contributed by atoms with van der Waals surface area (Å²) in [6, 6.07) is 7.09. The van der Waals surface area contributed by atoms with Gasteiger partial charge in [-0.2, -0.15) is 0 Å². The number of rotatable bonds is 3. The van der Waals surface area contributed by atoms with E-state index in [4.69, 9.17) is 9.84 Å². The number of benzene rings is 1. The summed E-state index contributed by atoms with van der Waals surface area (Å²) in [7, 11) is 0. The average Bonchev–Trinajstić information content (AvgIpc) is 2.52. The molecule has 0 amide bonds. The molecule has 118 valence electrons. The Morgan fingerprint density at radius 3 is 2.14 bits per heavy atom. The second-order valence-corrected chi connectivity index (χ2v) is 7.73. The van der Waals surface area contributed by atoms with Crippen molar-refractivity contribution >= 4 is 5.97 Å². The molecule has 3 heteroatoms. The lowest BCUT2D eigenvalue weighted by Crippen LogP contribution is -2.58. The summed E-state index contributed by atoms with van der Waals surface area (Å²) in [5.41, 5.74) is 1.13. The van der Waals surface area contributed by atoms with E-state index in [2.05, 4.69) is 6.92 Å². The fourth-order valence-electron chi connectivity index (χ4n) is 5.29. The predicted octanol–water partition coefficient (Wildman–Crippen LogP) is 3.55. The largest absolute Gasteiger partial charge is 0.455 e. The van der Waals surface area contributed by atoms with E-state index in [-0.39, 0.29) is 18.2 Å². The standard InChI is InChI=1S/C19H24O3/c1-19(16-7-13-6-14(9-16)10-17(19)8-13)22-18(21)15-4-2-12(11-20)3-5-15/h2-5,13-14,16-17,20H,6-11H2,1H3. The van der Waals surface area contributed by atoms with Crippen molar-refractivity contribution in [1.82, 2.24) is 0 Å². The lowest BCUT2D eigenvalue weighted by Gasteiger charge is -2.59. The van der Waals surface area contributed by atoms with E-state index in [1.807, 2.05) is 0 Å². The third-order valence-electron chi connectivity index (χ3n) is 6.44. The van der Waals surface area contributed by atoms with Gasteiger partial charge in [0.25, 0.3) is 0 Å². The van der Waals surface area contributed by atoms with Gasteiger partial charge in [0.15, 0.2) is 0 Å². The number of aliphatic hydroxyl groups is 1. The van der Waals surface area contributed by atoms with E-state index in [0.717, 1.165) is 17.4 Å². The molecule has 4 aliphatic rings. The van der Waals surface area contributed by atoms with E-state index in [0.29, 0.717) is 17.4 Å². The zero-order valence-corrected chi connectivity index (χ0v) is 13.1. The fourth-order valence-corrected chi connectivity index (χ4v) is 5.29. The van der Waals surface area contributed by atoms with E-state index >= 15 is 0 Å². The van der Waals surface area contributed by atoms with Crippen LogP contribution >= 0.6 is 0 Å². The van der Waals surface area contributed by atoms with E-state index < -0.39 is 0 Å². The van der Waals surface area contributed by atoms with Crippen LogP contribution in [0.15, 0.2) is 24.3 Å². The number of esters is 1. The maximum Gasteiger partial charge on any atom is 0.338 e. The van der Waals surface area contributed by atoms with E-state index in [1.165, 1.54) is 32.1 Å². The van der Waals surface area contributed by atoms with Crippen LogP contribution in [0.2, 0.25) is 0 Å². The summed E-state index contributed by atoms with van der Waals surface area (Å²) >= 11 is 0. The Bertz CT molecular complexity index is 547. The number of hydrogen-bond donors (Lipinski definition) is 1. The number of aliphatic hydroxyl groups excluding tert-OH is 1. The van der Waals surface area contributed by atoms with E-state index in [9.17, 15) is 4.79 Å². The van der Waals surface area contributed by atoms with Crippen LogP contribution < -0.4 is 0 Å². The molecule has 0 heterocycles. The molecule has 22 heavy (non-hydrogen) atoms. The number of carbonyl (C=O) groups excluding carboxylic acids is 1. The minimum Gasteiger partial charge on any atom is -0.455 e. The van der Waals surface area contributed by atoms with Gasteiger partial charge < -0.3 is 9.84 Å². The van der Waals surface area contributed by atoms with Gasteiger partial charge in [0, 0.05) is 0 Å². The Morgan fingerprint density at radius 1 is 1.09 bits per heavy atom. The van der Waals surface area contributed by atoms with Crippen molar-refractivity contribution in [2.75, 3.05) is 0 Å². The van der Waals surface area contributed by atoms with Crippen LogP contribution in [0.3, 0.4) is 0 Å². The van der Waals surface area contributed by atoms with Crippen LogP contribution in [-0.2, 0) is 11.3 Å². The van der Waals surface area contributed by atoms with Gasteiger partial charge in [-0.05, 0) is 80.4 Å². The first-order valence-electron chi connectivity index (χ1n) is 8.51. The predicted molar refractivity (Wildman–Crippen MR) is 83.2 cm³/mol. The topological polar surface area (TPSA) is 46.5 Å². The lowest BCUT2D eigenvalue weighted by molar-refractivity contribution is -0.165. The van der Waals surface area contributed by atoms with Gasteiger partial charge in [-0.1, -0.05) is 12.1 Å². The molecule has 1 aromatic rings. The quantitative estimate of drug-likeness (QED) is 0.868. The number of carbonyl (C=O) groups is 1. The van der Waals surface area contributed by atoms with Crippen LogP contribution in [0.25, 0.3) is 0 Å². The van der Waals surface area contributed by atoms with Gasteiger partial charge in [-0.15, -0.1) is 0 Å². The molecular formula is C19H24O3. The zero-order valence-electron chi connectivity index (χ0n) is 13.1. The maximum atomic E-state index is 12.6. The average molecular weight is 300 g/mol. The summed E-state index contributed by atoms with van der Waals surface area (Å²) in [4.78, 5) is 12.6. The molecule has 4 aliphatic carbocycles. The summed E-state index contributed by atoms with van der Waals surface area (Å²) in [6.45, 7) is 2.17. The molecule has 5 rings (SSSR count). The first kappa shape index (κ1) is 14.3. The summed E-state index contributed by atoms with van der Waals surface area (Å²) in [5.74, 6) is 2.63. The monoisotopic (exact) mass is 300 g/mol. The minimum atomic E-state index is -0.278. The van der Waals surface area contributed by atoms with Gasteiger partial charge in [0.05, 0.1) is 12.2 Å². The molecule has 3 nitrogen and oxygen atoms in total. The molecule has 0 unspecified atom stereocenters. The van der Waals surface area contributed by atoms with Crippen molar-refractivity contribution in [3.63, 3.8) is 0 Å². The molecular weight excluding hydrogens is 276 g/mol. The van der Waals surface area contributed by atoms with Gasteiger partial charge in [0.2, 0.25) is 0 Å². The maximum absolute atomic E-state index is 12.6. The van der Waals surface area contributed by atoms with E-state index in [1.54, 1.807) is 24.3 Å². The molecule has 0 spiro atoms. The first-order valence-corrected chi connectivity index (χ1v) is 8.51. The van der Waals surface area contributed by atoms with Crippen molar-refractivity contribution in [2.45, 2.75) is 51.2 Å². The minimum absolute atomic E-state index is 0.0000318. The van der Waals surface area contributed by atoms with Gasteiger partial charge in [-0.3, -0.25) is 0 Å². The summed E-state index contributed by atoms with van der Waals surface area (Å²) in [6.07, 6.45) is 6.35. The van der Waals surface area contributed by atoms with Gasteiger partial charge in [0.1, 0.15) is 5.60 Å². The molecule has 1 aromatic carbocycles. The van der Waals surface area contributed by atoms with Crippen LogP contribution in [-0.4, -0.2) is 16.7 Å². The third-order valence-corrected chi connectivity index (χ3v) is 6.44. The second-order valence-electron chi connectivity index (χ2n) is 7.73. The highest BCUT2D eigenvalue weighted by Gasteiger charge is 2.57. The van der Waals surface area contributed by atoms with Crippen molar-refractivity contribution in [3.8, 4) is 0 Å². The third kappa shape index (κ3) is 2.18. The highest BCUT2D eigenvalue weighted by molar-refractivity contribution is 5.89. The van der Waals surface area contributed by atoms with Crippen LogP contribution in [0.1, 0.15) is 54.9 Å². The normalized spacial score (nSPS) is 39.0. The smallest absolute Gasteiger partial charge is 0.338 e. The summed E-state index contributed by atoms with van der Waals surface area (Å²) < 4.78 is 6.07. The SMILES string of the molecule is CC1(OC(=O)c2ccc(CO)cc2)C2CC3CC(C2)CC1C3. The molecule has 1 N–H and O–H groups in total. The number of hydrogen-bond acceptors (Lipinski definition) is 3. The van der Waals surface area contributed by atoms with Crippen molar-refractivity contribution in [3.05, 3.63) is 35.4 Å². The van der Waals surface area contributed by atoms with Crippen LogP contribution in [0.4, 0.5) is 0 Å². The lowest BCUT2D eigenvalue weighted by atomic mass is 9.50. The highest BCUT2D eigenvalue weighted by Crippen LogP contribution is 2.59. The Morgan fingerprint density at radius 2 is 1.64 bits per heavy atom. The molecule has 0 radical (unpaired) electrons. The Kier molecular flexibility index (Phi) is 3.30. The van der Waals surface area contributed by atoms with Gasteiger partial charge in [-0.25, -0.2) is 4.79 Å². The van der Waals surface area contributed by atoms with Gasteiger partial charge >= 0.3 is 5.97 Å². The summed E-state index contributed by atoms with van der Waals surface area (Å²) in [5, 5.41) is 9.09. The first-order chi connectivity index (χ1) is 10.6. The molecule has 0 aliphatic heterocycles. The molecule has 4 fully saturated rings. The van der Waals surface area contributed by atoms with Crippen molar-refractivity contribution < 1.29 is 14.6 Å². The molecule has 4 bridgehead atoms.